The van der Waals surface area contributed by atoms with Gasteiger partial charge in [0.2, 0.25) is 0 Å². The van der Waals surface area contributed by atoms with Crippen LogP contribution in [0.15, 0.2) is 84.9 Å². The molecule has 6 heteroatoms. The fourth-order valence-corrected chi connectivity index (χ4v) is 2.86. The second kappa shape index (κ2) is 11.2. The van der Waals surface area contributed by atoms with Gasteiger partial charge < -0.3 is 14.8 Å². The van der Waals surface area contributed by atoms with E-state index >= 15 is 0 Å². The minimum atomic E-state index is -0.879. The Labute approximate surface area is 181 Å². The molecule has 1 N–H and O–H groups in total. The first-order valence-electron chi connectivity index (χ1n) is 9.85. The van der Waals surface area contributed by atoms with E-state index in [-0.39, 0.29) is 25.5 Å². The standard InChI is InChI=1S/C25H22N2O4/c26-17-20-10-7-13-22(16-20)30-15-14-23(27-24(28)21-11-5-2-6-12-21)25(29)31-18-19-8-3-1-4-9-19/h1-13,16,23H,14-15,18H2,(H,27,28). The molecule has 0 spiro atoms. The van der Waals surface area contributed by atoms with Gasteiger partial charge in [-0.25, -0.2) is 4.79 Å². The number of nitriles is 1. The highest BCUT2D eigenvalue weighted by atomic mass is 16.5. The lowest BCUT2D eigenvalue weighted by Crippen LogP contribution is -2.42. The monoisotopic (exact) mass is 414 g/mol. The molecule has 0 fully saturated rings. The summed E-state index contributed by atoms with van der Waals surface area (Å²) in [6.07, 6.45) is 0.211. The summed E-state index contributed by atoms with van der Waals surface area (Å²) in [4.78, 5) is 25.2. The third-order valence-electron chi connectivity index (χ3n) is 4.49. The van der Waals surface area contributed by atoms with Crippen LogP contribution < -0.4 is 10.1 Å². The van der Waals surface area contributed by atoms with Gasteiger partial charge in [0, 0.05) is 12.0 Å². The van der Waals surface area contributed by atoms with Crippen molar-refractivity contribution in [2.24, 2.45) is 0 Å². The number of benzene rings is 3. The van der Waals surface area contributed by atoms with Crippen LogP contribution in [0.4, 0.5) is 0 Å². The average molecular weight is 414 g/mol. The lowest BCUT2D eigenvalue weighted by Gasteiger charge is -2.18. The van der Waals surface area contributed by atoms with Crippen molar-refractivity contribution in [1.82, 2.24) is 5.32 Å². The number of nitrogens with zero attached hydrogens (tertiary/aromatic N) is 1. The Bertz CT molecular complexity index is 1050. The molecule has 3 rings (SSSR count). The quantitative estimate of drug-likeness (QED) is 0.537. The van der Waals surface area contributed by atoms with Crippen LogP contribution in [-0.4, -0.2) is 24.5 Å². The highest BCUT2D eigenvalue weighted by Gasteiger charge is 2.23. The Morgan fingerprint density at radius 2 is 1.65 bits per heavy atom. The molecular formula is C25H22N2O4. The zero-order valence-electron chi connectivity index (χ0n) is 16.9. The third-order valence-corrected chi connectivity index (χ3v) is 4.49. The molecule has 3 aromatic rings. The molecule has 0 bridgehead atoms. The second-order valence-electron chi connectivity index (χ2n) is 6.76. The summed E-state index contributed by atoms with van der Waals surface area (Å²) in [5.74, 6) is -0.388. The van der Waals surface area contributed by atoms with E-state index in [9.17, 15) is 9.59 Å². The van der Waals surface area contributed by atoms with Crippen LogP contribution in [0.3, 0.4) is 0 Å². The van der Waals surface area contributed by atoms with Crippen LogP contribution >= 0.6 is 0 Å². The lowest BCUT2D eigenvalue weighted by atomic mass is 10.1. The SMILES string of the molecule is N#Cc1cccc(OCCC(NC(=O)c2ccccc2)C(=O)OCc2ccccc2)c1. The number of carbonyl (C=O) groups is 2. The van der Waals surface area contributed by atoms with Gasteiger partial charge in [-0.3, -0.25) is 4.79 Å². The third kappa shape index (κ3) is 6.72. The van der Waals surface area contributed by atoms with Crippen LogP contribution in [0.25, 0.3) is 0 Å². The van der Waals surface area contributed by atoms with Crippen LogP contribution in [0, 0.1) is 11.3 Å². The van der Waals surface area contributed by atoms with Crippen molar-refractivity contribution in [3.8, 4) is 11.8 Å². The van der Waals surface area contributed by atoms with Gasteiger partial charge in [-0.1, -0.05) is 54.6 Å². The number of carbonyl (C=O) groups excluding carboxylic acids is 2. The number of esters is 1. The summed E-state index contributed by atoms with van der Waals surface area (Å²) in [6.45, 7) is 0.275. The van der Waals surface area contributed by atoms with Crippen molar-refractivity contribution in [1.29, 1.82) is 5.26 Å². The second-order valence-corrected chi connectivity index (χ2v) is 6.76. The van der Waals surface area contributed by atoms with E-state index in [0.29, 0.717) is 16.9 Å². The molecule has 156 valence electrons. The van der Waals surface area contributed by atoms with Gasteiger partial charge in [-0.15, -0.1) is 0 Å². The normalized spacial score (nSPS) is 11.1. The fourth-order valence-electron chi connectivity index (χ4n) is 2.86. The first kappa shape index (κ1) is 21.6. The zero-order valence-corrected chi connectivity index (χ0v) is 16.9. The summed E-state index contributed by atoms with van der Waals surface area (Å²) >= 11 is 0. The summed E-state index contributed by atoms with van der Waals surface area (Å²) in [5, 5.41) is 11.7. The van der Waals surface area contributed by atoms with E-state index in [1.807, 2.05) is 36.4 Å². The molecule has 0 aliphatic rings. The van der Waals surface area contributed by atoms with Crippen LogP contribution in [0.1, 0.15) is 27.9 Å². The van der Waals surface area contributed by atoms with Gasteiger partial charge in [-0.2, -0.15) is 5.26 Å². The summed E-state index contributed by atoms with van der Waals surface area (Å²) in [6, 6.07) is 25.9. The Balaban J connectivity index is 1.63. The summed E-state index contributed by atoms with van der Waals surface area (Å²) in [5.41, 5.74) is 1.79. The molecule has 1 atom stereocenters. The maximum absolute atomic E-state index is 12.7. The minimum absolute atomic E-state index is 0.114. The number of amides is 1. The molecule has 0 aliphatic carbocycles. The Morgan fingerprint density at radius 1 is 0.935 bits per heavy atom. The van der Waals surface area contributed by atoms with Crippen molar-refractivity contribution >= 4 is 11.9 Å². The molecule has 0 aromatic heterocycles. The predicted octanol–water partition coefficient (Wildman–Crippen LogP) is 3.87. The number of nitrogens with one attached hydrogen (secondary N) is 1. The number of hydrogen-bond acceptors (Lipinski definition) is 5. The maximum atomic E-state index is 12.7. The summed E-state index contributed by atoms with van der Waals surface area (Å²) in [7, 11) is 0. The topological polar surface area (TPSA) is 88.4 Å². The van der Waals surface area contributed by atoms with E-state index in [1.165, 1.54) is 0 Å². The minimum Gasteiger partial charge on any atom is -0.493 e. The highest BCUT2D eigenvalue weighted by Crippen LogP contribution is 2.13. The molecular weight excluding hydrogens is 392 g/mol. The zero-order chi connectivity index (χ0) is 21.9. The fraction of sp³-hybridized carbons (Fsp3) is 0.160. The molecule has 31 heavy (non-hydrogen) atoms. The van der Waals surface area contributed by atoms with E-state index in [2.05, 4.69) is 11.4 Å². The number of hydrogen-bond donors (Lipinski definition) is 1. The van der Waals surface area contributed by atoms with Crippen molar-refractivity contribution < 1.29 is 19.1 Å². The number of ether oxygens (including phenoxy) is 2. The smallest absolute Gasteiger partial charge is 0.329 e. The molecule has 6 nitrogen and oxygen atoms in total. The Morgan fingerprint density at radius 3 is 2.35 bits per heavy atom. The van der Waals surface area contributed by atoms with Crippen molar-refractivity contribution in [2.75, 3.05) is 6.61 Å². The Kier molecular flexibility index (Phi) is 7.78. The van der Waals surface area contributed by atoms with Crippen LogP contribution in [0.2, 0.25) is 0 Å². The first-order chi connectivity index (χ1) is 15.2. The van der Waals surface area contributed by atoms with Gasteiger partial charge in [-0.05, 0) is 35.9 Å². The van der Waals surface area contributed by atoms with Crippen molar-refractivity contribution in [3.05, 3.63) is 102 Å². The van der Waals surface area contributed by atoms with Gasteiger partial charge in [0.15, 0.2) is 0 Å². The van der Waals surface area contributed by atoms with E-state index in [4.69, 9.17) is 14.7 Å². The average Bonchev–Trinajstić information content (AvgIpc) is 2.83. The van der Waals surface area contributed by atoms with Crippen LogP contribution in [-0.2, 0) is 16.1 Å². The lowest BCUT2D eigenvalue weighted by molar-refractivity contribution is -0.147. The molecule has 0 aliphatic heterocycles. The van der Waals surface area contributed by atoms with Gasteiger partial charge in [0.25, 0.3) is 5.91 Å². The van der Waals surface area contributed by atoms with Gasteiger partial charge >= 0.3 is 5.97 Å². The molecule has 3 aromatic carbocycles. The number of rotatable bonds is 9. The maximum Gasteiger partial charge on any atom is 0.329 e. The molecule has 0 saturated carbocycles. The predicted molar refractivity (Wildman–Crippen MR) is 115 cm³/mol. The van der Waals surface area contributed by atoms with E-state index in [1.54, 1.807) is 48.5 Å². The highest BCUT2D eigenvalue weighted by molar-refractivity contribution is 5.96. The molecule has 1 amide bonds. The first-order valence-corrected chi connectivity index (χ1v) is 9.85. The van der Waals surface area contributed by atoms with Crippen molar-refractivity contribution in [3.63, 3.8) is 0 Å². The van der Waals surface area contributed by atoms with E-state index < -0.39 is 12.0 Å². The largest absolute Gasteiger partial charge is 0.493 e. The van der Waals surface area contributed by atoms with E-state index in [0.717, 1.165) is 5.56 Å². The Hall–Kier alpha value is -4.11. The molecule has 0 saturated heterocycles. The molecule has 0 radical (unpaired) electrons. The van der Waals surface area contributed by atoms with Gasteiger partial charge in [0.1, 0.15) is 18.4 Å². The summed E-state index contributed by atoms with van der Waals surface area (Å²) < 4.78 is 11.1. The van der Waals surface area contributed by atoms with Crippen molar-refractivity contribution in [2.45, 2.75) is 19.1 Å². The van der Waals surface area contributed by atoms with Gasteiger partial charge in [0.05, 0.1) is 18.2 Å². The van der Waals surface area contributed by atoms with Crippen LogP contribution in [0.5, 0.6) is 5.75 Å². The molecule has 1 unspecified atom stereocenters. The molecule has 0 heterocycles.